The van der Waals surface area contributed by atoms with Gasteiger partial charge in [-0.3, -0.25) is 0 Å². The zero-order chi connectivity index (χ0) is 5.54. The summed E-state index contributed by atoms with van der Waals surface area (Å²) in [5.41, 5.74) is 0. The molecule has 0 aliphatic heterocycles. The van der Waals surface area contributed by atoms with Gasteiger partial charge in [0.1, 0.15) is 0 Å². The van der Waals surface area contributed by atoms with Crippen LogP contribution < -0.4 is 0 Å². The Hall–Kier alpha value is 1.28. The SMILES string of the molecule is Br.CC[CH2][Sn][CH2]CC. The molecule has 0 heterocycles. The minimum atomic E-state index is 0. The Morgan fingerprint density at radius 2 is 1.38 bits per heavy atom. The number of halogens is 1. The maximum absolute atomic E-state index is 2.29. The van der Waals surface area contributed by atoms with Gasteiger partial charge in [-0.15, -0.1) is 17.0 Å². The summed E-state index contributed by atoms with van der Waals surface area (Å²) in [6, 6.07) is 0. The molecule has 2 heteroatoms. The standard InChI is InChI=1S/2C3H7.BrH.Sn/c2*1-3-2;;/h2*1,3H2,2H3;1H;. The molecule has 0 unspecified atom stereocenters. The van der Waals surface area contributed by atoms with Crippen molar-refractivity contribution in [2.45, 2.75) is 35.6 Å². The van der Waals surface area contributed by atoms with E-state index in [0.29, 0.717) is 0 Å². The molecule has 0 aromatic heterocycles. The second kappa shape index (κ2) is 11.1. The third-order valence-electron chi connectivity index (χ3n) is 0.854. The van der Waals surface area contributed by atoms with Gasteiger partial charge in [0.2, 0.25) is 0 Å². The fourth-order valence-electron chi connectivity index (χ4n) is 0.479. The number of hydrogen-bond acceptors (Lipinski definition) is 0. The average Bonchev–Trinajstić information content (AvgIpc) is 1.69. The zero-order valence-corrected chi connectivity index (χ0v) is 10.3. The summed E-state index contributed by atoms with van der Waals surface area (Å²) in [6.07, 6.45) is 2.87. The van der Waals surface area contributed by atoms with E-state index in [1.807, 2.05) is 0 Å². The van der Waals surface area contributed by atoms with Crippen LogP contribution in [0.3, 0.4) is 0 Å². The molecular formula is C6H15BrSn. The molecule has 0 nitrogen and oxygen atoms in total. The molecule has 0 bridgehead atoms. The molecule has 0 fully saturated rings. The van der Waals surface area contributed by atoms with E-state index in [1.54, 1.807) is 8.87 Å². The van der Waals surface area contributed by atoms with Gasteiger partial charge in [0.05, 0.1) is 0 Å². The van der Waals surface area contributed by atoms with E-state index in [2.05, 4.69) is 13.8 Å². The second-order valence-corrected chi connectivity index (χ2v) is 6.03. The summed E-state index contributed by atoms with van der Waals surface area (Å²) in [5, 5.41) is 0. The van der Waals surface area contributed by atoms with Crippen LogP contribution in [0.4, 0.5) is 0 Å². The summed E-state index contributed by atoms with van der Waals surface area (Å²) in [4.78, 5) is 0. The van der Waals surface area contributed by atoms with Gasteiger partial charge in [0, 0.05) is 0 Å². The Balaban J connectivity index is 0. The number of rotatable bonds is 4. The molecule has 0 aromatic carbocycles. The fraction of sp³-hybridized carbons (Fsp3) is 1.00. The minimum absolute atomic E-state index is 0. The Morgan fingerprint density at radius 3 is 1.62 bits per heavy atom. The van der Waals surface area contributed by atoms with Gasteiger partial charge >= 0.3 is 56.7 Å². The van der Waals surface area contributed by atoms with Gasteiger partial charge in [0.15, 0.2) is 0 Å². The van der Waals surface area contributed by atoms with Crippen molar-refractivity contribution in [1.82, 2.24) is 0 Å². The Labute approximate surface area is 73.4 Å². The molecule has 0 N–H and O–H groups in total. The average molecular weight is 286 g/mol. The van der Waals surface area contributed by atoms with Gasteiger partial charge in [-0.05, 0) is 0 Å². The number of hydrogen-bond donors (Lipinski definition) is 0. The first-order valence-corrected chi connectivity index (χ1v) is 7.16. The molecule has 2 radical (unpaired) electrons. The van der Waals surface area contributed by atoms with Crippen LogP contribution in [-0.2, 0) is 0 Å². The predicted octanol–water partition coefficient (Wildman–Crippen LogP) is 2.93. The molecular weight excluding hydrogens is 271 g/mol. The van der Waals surface area contributed by atoms with Crippen LogP contribution in [0.25, 0.3) is 0 Å². The van der Waals surface area contributed by atoms with Crippen molar-refractivity contribution >= 4 is 38.1 Å². The van der Waals surface area contributed by atoms with Crippen molar-refractivity contribution in [3.8, 4) is 0 Å². The van der Waals surface area contributed by atoms with Crippen LogP contribution in [0.15, 0.2) is 0 Å². The van der Waals surface area contributed by atoms with Crippen molar-refractivity contribution in [1.29, 1.82) is 0 Å². The second-order valence-electron chi connectivity index (χ2n) is 1.75. The van der Waals surface area contributed by atoms with Crippen LogP contribution >= 0.6 is 17.0 Å². The molecule has 0 saturated heterocycles. The zero-order valence-electron chi connectivity index (χ0n) is 5.74. The van der Waals surface area contributed by atoms with Crippen molar-refractivity contribution in [2.75, 3.05) is 0 Å². The van der Waals surface area contributed by atoms with Crippen LogP contribution in [0.2, 0.25) is 8.87 Å². The van der Waals surface area contributed by atoms with Crippen molar-refractivity contribution in [2.24, 2.45) is 0 Å². The first kappa shape index (κ1) is 12.0. The summed E-state index contributed by atoms with van der Waals surface area (Å²) in [7, 11) is 0. The van der Waals surface area contributed by atoms with E-state index in [4.69, 9.17) is 0 Å². The third kappa shape index (κ3) is 10.3. The van der Waals surface area contributed by atoms with Gasteiger partial charge < -0.3 is 0 Å². The first-order chi connectivity index (χ1) is 3.41. The first-order valence-electron chi connectivity index (χ1n) is 3.12. The normalized spacial score (nSPS) is 8.25. The molecule has 0 aliphatic carbocycles. The Bertz CT molecular complexity index is 27.7. The van der Waals surface area contributed by atoms with Gasteiger partial charge in [0.25, 0.3) is 0 Å². The summed E-state index contributed by atoms with van der Waals surface area (Å²) >= 11 is 0.181. The molecule has 0 aromatic rings. The Morgan fingerprint density at radius 1 is 1.00 bits per heavy atom. The van der Waals surface area contributed by atoms with Crippen molar-refractivity contribution in [3.63, 3.8) is 0 Å². The van der Waals surface area contributed by atoms with E-state index in [0.717, 1.165) is 0 Å². The van der Waals surface area contributed by atoms with Gasteiger partial charge in [-0.2, -0.15) is 0 Å². The van der Waals surface area contributed by atoms with E-state index < -0.39 is 0 Å². The van der Waals surface area contributed by atoms with E-state index in [-0.39, 0.29) is 38.1 Å². The van der Waals surface area contributed by atoms with Crippen molar-refractivity contribution in [3.05, 3.63) is 0 Å². The summed E-state index contributed by atoms with van der Waals surface area (Å²) < 4.78 is 3.19. The molecule has 0 aliphatic rings. The van der Waals surface area contributed by atoms with Crippen LogP contribution in [0.5, 0.6) is 0 Å². The monoisotopic (exact) mass is 286 g/mol. The van der Waals surface area contributed by atoms with Gasteiger partial charge in [-0.25, -0.2) is 0 Å². The Kier molecular flexibility index (Phi) is 16.7. The van der Waals surface area contributed by atoms with Crippen LogP contribution in [0, 0.1) is 0 Å². The molecule has 8 heavy (non-hydrogen) atoms. The molecule has 0 amide bonds. The molecule has 0 atom stereocenters. The predicted molar refractivity (Wildman–Crippen MR) is 46.3 cm³/mol. The van der Waals surface area contributed by atoms with Crippen LogP contribution in [-0.4, -0.2) is 21.1 Å². The molecule has 0 rings (SSSR count). The van der Waals surface area contributed by atoms with Crippen LogP contribution in [0.1, 0.15) is 26.7 Å². The van der Waals surface area contributed by atoms with E-state index in [1.165, 1.54) is 12.8 Å². The summed E-state index contributed by atoms with van der Waals surface area (Å²) in [6.45, 7) is 4.58. The van der Waals surface area contributed by atoms with Crippen molar-refractivity contribution < 1.29 is 0 Å². The topological polar surface area (TPSA) is 0 Å². The summed E-state index contributed by atoms with van der Waals surface area (Å²) in [5.74, 6) is 0. The van der Waals surface area contributed by atoms with E-state index >= 15 is 0 Å². The quantitative estimate of drug-likeness (QED) is 0.550. The molecule has 0 spiro atoms. The van der Waals surface area contributed by atoms with Gasteiger partial charge in [-0.1, -0.05) is 0 Å². The fourth-order valence-corrected chi connectivity index (χ4v) is 3.21. The molecule has 50 valence electrons. The third-order valence-corrected chi connectivity index (χ3v) is 5.73. The van der Waals surface area contributed by atoms with E-state index in [9.17, 15) is 0 Å². The molecule has 0 saturated carbocycles. The maximum atomic E-state index is 2.29.